The molecule has 0 radical (unpaired) electrons. The highest BCUT2D eigenvalue weighted by Crippen LogP contribution is 2.27. The first-order valence-corrected chi connectivity index (χ1v) is 8.93. The minimum Gasteiger partial charge on any atom is -0.478 e. The molecule has 0 amide bonds. The normalized spacial score (nSPS) is 17.2. The van der Waals surface area contributed by atoms with Gasteiger partial charge in [0.1, 0.15) is 6.10 Å². The van der Waals surface area contributed by atoms with E-state index < -0.39 is 12.1 Å². The second-order valence-corrected chi connectivity index (χ2v) is 6.59. The fourth-order valence-corrected chi connectivity index (χ4v) is 3.02. The summed E-state index contributed by atoms with van der Waals surface area (Å²) in [4.78, 5) is 28.2. The Hall–Kier alpha value is -1.92. The van der Waals surface area contributed by atoms with Crippen molar-refractivity contribution in [1.82, 2.24) is 9.80 Å². The van der Waals surface area contributed by atoms with Gasteiger partial charge in [-0.05, 0) is 26.0 Å². The summed E-state index contributed by atoms with van der Waals surface area (Å²) in [6, 6.07) is 6.78. The Morgan fingerprint density at radius 2 is 1.88 bits per heavy atom. The van der Waals surface area contributed by atoms with Crippen LogP contribution in [0.5, 0.6) is 0 Å². The zero-order valence-electron chi connectivity index (χ0n) is 15.1. The van der Waals surface area contributed by atoms with E-state index in [1.54, 1.807) is 24.3 Å². The molecule has 6 nitrogen and oxygen atoms in total. The number of carbonyl (C=O) groups is 2. The molecule has 0 unspecified atom stereocenters. The van der Waals surface area contributed by atoms with Crippen molar-refractivity contribution in [2.24, 2.45) is 0 Å². The number of esters is 1. The second-order valence-electron chi connectivity index (χ2n) is 6.59. The van der Waals surface area contributed by atoms with Crippen LogP contribution >= 0.6 is 0 Å². The van der Waals surface area contributed by atoms with Gasteiger partial charge in [0, 0.05) is 31.7 Å². The largest absolute Gasteiger partial charge is 0.478 e. The summed E-state index contributed by atoms with van der Waals surface area (Å²) < 4.78 is 5.70. The third kappa shape index (κ3) is 5.83. The number of carboxylic acid groups (broad SMARTS) is 1. The van der Waals surface area contributed by atoms with E-state index in [1.807, 2.05) is 0 Å². The van der Waals surface area contributed by atoms with Crippen LogP contribution < -0.4 is 0 Å². The Morgan fingerprint density at radius 1 is 1.20 bits per heavy atom. The van der Waals surface area contributed by atoms with Crippen LogP contribution in [0.1, 0.15) is 48.2 Å². The molecule has 1 heterocycles. The standard InChI is InChI=1S/C19H28N2O4/c1-3-4-9-17(15-7-5-6-8-16(15)19(23)24)25-18(22)14-21-12-10-20(2)11-13-21/h5-8,17H,3-4,9-14H2,1-2H3,(H,23,24)/t17-/m0/s1. The van der Waals surface area contributed by atoms with Gasteiger partial charge < -0.3 is 14.7 Å². The Morgan fingerprint density at radius 3 is 2.52 bits per heavy atom. The molecule has 0 aromatic heterocycles. The van der Waals surface area contributed by atoms with Gasteiger partial charge in [0.25, 0.3) is 0 Å². The van der Waals surface area contributed by atoms with Gasteiger partial charge >= 0.3 is 11.9 Å². The van der Waals surface area contributed by atoms with Crippen molar-refractivity contribution in [2.75, 3.05) is 39.8 Å². The number of hydrogen-bond donors (Lipinski definition) is 1. The van der Waals surface area contributed by atoms with Crippen molar-refractivity contribution < 1.29 is 19.4 Å². The molecule has 0 saturated carbocycles. The molecule has 138 valence electrons. The molecule has 1 N–H and O–H groups in total. The van der Waals surface area contributed by atoms with Gasteiger partial charge in [-0.15, -0.1) is 0 Å². The van der Waals surface area contributed by atoms with Crippen LogP contribution in [-0.2, 0) is 9.53 Å². The number of nitrogens with zero attached hydrogens (tertiary/aromatic N) is 2. The van der Waals surface area contributed by atoms with Crippen molar-refractivity contribution in [1.29, 1.82) is 0 Å². The zero-order chi connectivity index (χ0) is 18.2. The maximum absolute atomic E-state index is 12.4. The van der Waals surface area contributed by atoms with Crippen molar-refractivity contribution in [3.63, 3.8) is 0 Å². The predicted molar refractivity (Wildman–Crippen MR) is 95.7 cm³/mol. The van der Waals surface area contributed by atoms with Crippen molar-refractivity contribution in [3.05, 3.63) is 35.4 Å². The maximum atomic E-state index is 12.4. The summed E-state index contributed by atoms with van der Waals surface area (Å²) in [5.41, 5.74) is 0.783. The average Bonchev–Trinajstić information content (AvgIpc) is 2.60. The summed E-state index contributed by atoms with van der Waals surface area (Å²) in [5, 5.41) is 9.41. The van der Waals surface area contributed by atoms with Gasteiger partial charge in [0.2, 0.25) is 0 Å². The molecule has 0 spiro atoms. The predicted octanol–water partition coefficient (Wildman–Crippen LogP) is 2.41. The lowest BCUT2D eigenvalue weighted by molar-refractivity contribution is -0.151. The fraction of sp³-hybridized carbons (Fsp3) is 0.579. The van der Waals surface area contributed by atoms with Gasteiger partial charge in [-0.1, -0.05) is 31.5 Å². The Labute approximate surface area is 149 Å². The number of carboxylic acids is 1. The SMILES string of the molecule is CCCC[C@H](OC(=O)CN1CCN(C)CC1)c1ccccc1C(=O)O. The third-order valence-corrected chi connectivity index (χ3v) is 4.58. The first-order valence-electron chi connectivity index (χ1n) is 8.93. The number of carbonyl (C=O) groups excluding carboxylic acids is 1. The molecule has 1 aromatic rings. The number of piperazine rings is 1. The summed E-state index contributed by atoms with van der Waals surface area (Å²) in [6.07, 6.45) is 1.96. The molecular weight excluding hydrogens is 320 g/mol. The summed E-state index contributed by atoms with van der Waals surface area (Å²) in [7, 11) is 2.07. The molecule has 1 aliphatic rings. The van der Waals surface area contributed by atoms with Crippen LogP contribution in [0.2, 0.25) is 0 Å². The lowest BCUT2D eigenvalue weighted by Crippen LogP contribution is -2.46. The van der Waals surface area contributed by atoms with E-state index in [1.165, 1.54) is 0 Å². The second kappa shape index (κ2) is 9.53. The van der Waals surface area contributed by atoms with E-state index in [0.29, 0.717) is 12.0 Å². The summed E-state index contributed by atoms with van der Waals surface area (Å²) >= 11 is 0. The van der Waals surface area contributed by atoms with Crippen molar-refractivity contribution in [3.8, 4) is 0 Å². The first-order chi connectivity index (χ1) is 12.0. The third-order valence-electron chi connectivity index (χ3n) is 4.58. The van der Waals surface area contributed by atoms with Gasteiger partial charge in [-0.3, -0.25) is 9.69 Å². The van der Waals surface area contributed by atoms with Crippen LogP contribution in [0.3, 0.4) is 0 Å². The van der Waals surface area contributed by atoms with Crippen LogP contribution in [0.15, 0.2) is 24.3 Å². The highest BCUT2D eigenvalue weighted by atomic mass is 16.5. The summed E-state index contributed by atoms with van der Waals surface area (Å²) in [6.45, 7) is 5.88. The number of benzene rings is 1. The number of rotatable bonds is 8. The Bertz CT molecular complexity index is 583. The van der Waals surface area contributed by atoms with E-state index >= 15 is 0 Å². The highest BCUT2D eigenvalue weighted by molar-refractivity contribution is 5.89. The molecule has 1 fully saturated rings. The fourth-order valence-electron chi connectivity index (χ4n) is 3.02. The molecule has 2 rings (SSSR count). The van der Waals surface area contributed by atoms with Gasteiger partial charge in [-0.2, -0.15) is 0 Å². The van der Waals surface area contributed by atoms with E-state index in [-0.39, 0.29) is 18.1 Å². The summed E-state index contributed by atoms with van der Waals surface area (Å²) in [5.74, 6) is -1.28. The smallest absolute Gasteiger partial charge is 0.336 e. The van der Waals surface area contributed by atoms with Crippen LogP contribution in [-0.4, -0.2) is 66.6 Å². The van der Waals surface area contributed by atoms with Crippen LogP contribution in [0, 0.1) is 0 Å². The average molecular weight is 348 g/mol. The lowest BCUT2D eigenvalue weighted by Gasteiger charge is -2.32. The minimum atomic E-state index is -0.993. The highest BCUT2D eigenvalue weighted by Gasteiger charge is 2.24. The number of hydrogen-bond acceptors (Lipinski definition) is 5. The van der Waals surface area contributed by atoms with Crippen molar-refractivity contribution >= 4 is 11.9 Å². The molecule has 0 aliphatic carbocycles. The number of ether oxygens (including phenoxy) is 1. The molecular formula is C19H28N2O4. The van der Waals surface area contributed by atoms with Crippen molar-refractivity contribution in [2.45, 2.75) is 32.3 Å². The van der Waals surface area contributed by atoms with Gasteiger partial charge in [0.05, 0.1) is 12.1 Å². The quantitative estimate of drug-likeness (QED) is 0.728. The number of likely N-dealkylation sites (N-methyl/N-ethyl adjacent to an activating group) is 1. The monoisotopic (exact) mass is 348 g/mol. The molecule has 1 atom stereocenters. The topological polar surface area (TPSA) is 70.1 Å². The van der Waals surface area contributed by atoms with Gasteiger partial charge in [-0.25, -0.2) is 4.79 Å². The van der Waals surface area contributed by atoms with E-state index in [9.17, 15) is 14.7 Å². The Kier molecular flexibility index (Phi) is 7.40. The van der Waals surface area contributed by atoms with E-state index in [2.05, 4.69) is 23.8 Å². The zero-order valence-corrected chi connectivity index (χ0v) is 15.1. The minimum absolute atomic E-state index is 0.205. The molecule has 1 saturated heterocycles. The number of unbranched alkanes of at least 4 members (excludes halogenated alkanes) is 1. The maximum Gasteiger partial charge on any atom is 0.336 e. The first kappa shape index (κ1) is 19.4. The molecule has 1 aromatic carbocycles. The van der Waals surface area contributed by atoms with Crippen LogP contribution in [0.4, 0.5) is 0 Å². The van der Waals surface area contributed by atoms with Gasteiger partial charge in [0.15, 0.2) is 0 Å². The molecule has 1 aliphatic heterocycles. The van der Waals surface area contributed by atoms with Crippen LogP contribution in [0.25, 0.3) is 0 Å². The molecule has 0 bridgehead atoms. The van der Waals surface area contributed by atoms with E-state index in [4.69, 9.17) is 4.74 Å². The van der Waals surface area contributed by atoms with E-state index in [0.717, 1.165) is 39.0 Å². The molecule has 25 heavy (non-hydrogen) atoms. The molecule has 6 heteroatoms. The number of aromatic carboxylic acids is 1. The Balaban J connectivity index is 2.05. The lowest BCUT2D eigenvalue weighted by atomic mass is 9.98.